The first-order chi connectivity index (χ1) is 8.61. The monoisotopic (exact) mass is 248 g/mol. The predicted octanol–water partition coefficient (Wildman–Crippen LogP) is 1.05. The normalized spacial score (nSPS) is 20.2. The van der Waals surface area contributed by atoms with E-state index >= 15 is 0 Å². The molecule has 0 radical (unpaired) electrons. The summed E-state index contributed by atoms with van der Waals surface area (Å²) in [6.07, 6.45) is 2.21. The first-order valence-electron chi connectivity index (χ1n) is 6.36. The maximum Gasteiger partial charge on any atom is 0.248 e. The third kappa shape index (κ3) is 2.71. The molecular weight excluding hydrogens is 228 g/mol. The lowest BCUT2D eigenvalue weighted by Gasteiger charge is -2.23. The smallest absolute Gasteiger partial charge is 0.248 e. The number of aliphatic hydroxyl groups excluding tert-OH is 1. The number of likely N-dealkylation sites (tertiary alicyclic amines) is 1. The number of carbonyl (C=O) groups is 1. The molecule has 1 aromatic carbocycles. The summed E-state index contributed by atoms with van der Waals surface area (Å²) in [4.78, 5) is 13.4. The molecule has 1 saturated heterocycles. The van der Waals surface area contributed by atoms with Crippen LogP contribution in [-0.2, 0) is 6.54 Å². The Bertz CT molecular complexity index is 445. The number of hydrogen-bond donors (Lipinski definition) is 2. The fourth-order valence-electron chi connectivity index (χ4n) is 2.56. The molecule has 0 unspecified atom stereocenters. The molecule has 0 spiro atoms. The highest BCUT2D eigenvalue weighted by molar-refractivity contribution is 5.93. The Balaban J connectivity index is 2.12. The van der Waals surface area contributed by atoms with E-state index in [1.807, 2.05) is 19.1 Å². The summed E-state index contributed by atoms with van der Waals surface area (Å²) < 4.78 is 0. The summed E-state index contributed by atoms with van der Waals surface area (Å²) in [6, 6.07) is 5.85. The van der Waals surface area contributed by atoms with Crippen molar-refractivity contribution in [1.82, 2.24) is 4.90 Å². The highest BCUT2D eigenvalue weighted by Gasteiger charge is 2.23. The van der Waals surface area contributed by atoms with Crippen LogP contribution in [0.25, 0.3) is 0 Å². The number of amides is 1. The van der Waals surface area contributed by atoms with Gasteiger partial charge in [-0.2, -0.15) is 0 Å². The second-order valence-corrected chi connectivity index (χ2v) is 4.95. The van der Waals surface area contributed by atoms with Crippen molar-refractivity contribution in [3.8, 4) is 0 Å². The third-order valence-electron chi connectivity index (χ3n) is 3.71. The molecule has 2 rings (SSSR count). The van der Waals surface area contributed by atoms with Crippen molar-refractivity contribution >= 4 is 5.91 Å². The second-order valence-electron chi connectivity index (χ2n) is 4.95. The van der Waals surface area contributed by atoms with Gasteiger partial charge in [-0.05, 0) is 49.6 Å². The number of nitrogens with two attached hydrogens (primary N) is 1. The summed E-state index contributed by atoms with van der Waals surface area (Å²) in [5.41, 5.74) is 8.08. The molecule has 1 fully saturated rings. The molecule has 98 valence electrons. The maximum absolute atomic E-state index is 11.1. The first kappa shape index (κ1) is 13.1. The fourth-order valence-corrected chi connectivity index (χ4v) is 2.56. The zero-order chi connectivity index (χ0) is 13.1. The number of hydrogen-bond acceptors (Lipinski definition) is 3. The van der Waals surface area contributed by atoms with Gasteiger partial charge in [-0.15, -0.1) is 0 Å². The van der Waals surface area contributed by atoms with E-state index in [2.05, 4.69) is 4.90 Å². The van der Waals surface area contributed by atoms with Gasteiger partial charge in [0.15, 0.2) is 0 Å². The lowest BCUT2D eigenvalue weighted by Crippen LogP contribution is -2.31. The van der Waals surface area contributed by atoms with Crippen LogP contribution in [0.4, 0.5) is 0 Å². The molecule has 1 aliphatic rings. The van der Waals surface area contributed by atoms with Crippen LogP contribution in [-0.4, -0.2) is 35.1 Å². The Labute approximate surface area is 107 Å². The van der Waals surface area contributed by atoms with Gasteiger partial charge < -0.3 is 10.8 Å². The number of carbonyl (C=O) groups excluding carboxylic acids is 1. The Hall–Kier alpha value is -1.39. The highest BCUT2D eigenvalue weighted by atomic mass is 16.3. The van der Waals surface area contributed by atoms with Crippen molar-refractivity contribution in [1.29, 1.82) is 0 Å². The molecule has 1 aliphatic heterocycles. The SMILES string of the molecule is Cc1cc(C(N)=O)ccc1CN1CCC[C@H]1CO. The van der Waals surface area contributed by atoms with Gasteiger partial charge in [-0.1, -0.05) is 6.07 Å². The Morgan fingerprint density at radius 2 is 2.33 bits per heavy atom. The van der Waals surface area contributed by atoms with E-state index in [4.69, 9.17) is 5.73 Å². The Morgan fingerprint density at radius 1 is 1.56 bits per heavy atom. The van der Waals surface area contributed by atoms with Gasteiger partial charge in [-0.25, -0.2) is 0 Å². The zero-order valence-electron chi connectivity index (χ0n) is 10.7. The van der Waals surface area contributed by atoms with Crippen LogP contribution >= 0.6 is 0 Å². The van der Waals surface area contributed by atoms with Crippen LogP contribution in [0.3, 0.4) is 0 Å². The minimum absolute atomic E-state index is 0.221. The summed E-state index contributed by atoms with van der Waals surface area (Å²) in [6.45, 7) is 4.07. The standard InChI is InChI=1S/C14H20N2O2/c1-10-7-11(14(15)18)4-5-12(10)8-16-6-2-3-13(16)9-17/h4-5,7,13,17H,2-3,6,8-9H2,1H3,(H2,15,18)/t13-/m0/s1. The van der Waals surface area contributed by atoms with E-state index in [0.717, 1.165) is 31.5 Å². The van der Waals surface area contributed by atoms with Gasteiger partial charge in [0.1, 0.15) is 0 Å². The van der Waals surface area contributed by atoms with Crippen molar-refractivity contribution in [2.24, 2.45) is 5.73 Å². The van der Waals surface area contributed by atoms with Crippen LogP contribution in [0.15, 0.2) is 18.2 Å². The van der Waals surface area contributed by atoms with Crippen LogP contribution in [0.5, 0.6) is 0 Å². The molecule has 18 heavy (non-hydrogen) atoms. The summed E-state index contributed by atoms with van der Waals surface area (Å²) >= 11 is 0. The van der Waals surface area contributed by atoms with Crippen molar-refractivity contribution in [2.45, 2.75) is 32.4 Å². The molecule has 0 aromatic heterocycles. The van der Waals surface area contributed by atoms with Crippen molar-refractivity contribution in [2.75, 3.05) is 13.2 Å². The molecule has 4 heteroatoms. The number of rotatable bonds is 4. The molecule has 4 nitrogen and oxygen atoms in total. The minimum atomic E-state index is -0.390. The third-order valence-corrected chi connectivity index (χ3v) is 3.71. The van der Waals surface area contributed by atoms with E-state index in [-0.39, 0.29) is 18.6 Å². The van der Waals surface area contributed by atoms with Crippen LogP contribution in [0, 0.1) is 6.92 Å². The van der Waals surface area contributed by atoms with Gasteiger partial charge in [0.05, 0.1) is 6.61 Å². The van der Waals surface area contributed by atoms with Crippen molar-refractivity contribution in [3.63, 3.8) is 0 Å². The summed E-state index contributed by atoms with van der Waals surface area (Å²) in [5, 5.41) is 9.30. The Kier molecular flexibility index (Phi) is 3.99. The Morgan fingerprint density at radius 3 is 2.94 bits per heavy atom. The van der Waals surface area contributed by atoms with Gasteiger partial charge >= 0.3 is 0 Å². The number of aliphatic hydroxyl groups is 1. The minimum Gasteiger partial charge on any atom is -0.395 e. The van der Waals surface area contributed by atoms with E-state index in [1.54, 1.807) is 6.07 Å². The average Bonchev–Trinajstić information content (AvgIpc) is 2.78. The molecule has 0 saturated carbocycles. The molecule has 1 aromatic rings. The molecule has 1 heterocycles. The van der Waals surface area contributed by atoms with Crippen LogP contribution in [0.1, 0.15) is 34.3 Å². The van der Waals surface area contributed by atoms with E-state index in [1.165, 1.54) is 5.56 Å². The number of nitrogens with zero attached hydrogens (tertiary/aromatic N) is 1. The summed E-state index contributed by atoms with van der Waals surface area (Å²) in [5.74, 6) is -0.390. The number of primary amides is 1. The quantitative estimate of drug-likeness (QED) is 0.837. The molecule has 0 bridgehead atoms. The largest absolute Gasteiger partial charge is 0.395 e. The fraction of sp³-hybridized carbons (Fsp3) is 0.500. The molecule has 1 atom stereocenters. The van der Waals surface area contributed by atoms with Crippen LogP contribution < -0.4 is 5.73 Å². The number of benzene rings is 1. The van der Waals surface area contributed by atoms with E-state index in [0.29, 0.717) is 5.56 Å². The molecule has 3 N–H and O–H groups in total. The summed E-state index contributed by atoms with van der Waals surface area (Å²) in [7, 11) is 0. The van der Waals surface area contributed by atoms with Crippen LogP contribution in [0.2, 0.25) is 0 Å². The van der Waals surface area contributed by atoms with Gasteiger partial charge in [0, 0.05) is 18.2 Å². The van der Waals surface area contributed by atoms with Gasteiger partial charge in [-0.3, -0.25) is 9.69 Å². The lowest BCUT2D eigenvalue weighted by molar-refractivity contribution is 0.1000. The molecule has 0 aliphatic carbocycles. The second kappa shape index (κ2) is 5.50. The van der Waals surface area contributed by atoms with E-state index < -0.39 is 0 Å². The first-order valence-corrected chi connectivity index (χ1v) is 6.36. The van der Waals surface area contributed by atoms with Crippen molar-refractivity contribution in [3.05, 3.63) is 34.9 Å². The van der Waals surface area contributed by atoms with Gasteiger partial charge in [0.2, 0.25) is 5.91 Å². The molecule has 1 amide bonds. The predicted molar refractivity (Wildman–Crippen MR) is 70.2 cm³/mol. The average molecular weight is 248 g/mol. The zero-order valence-corrected chi connectivity index (χ0v) is 10.7. The van der Waals surface area contributed by atoms with Gasteiger partial charge in [0.25, 0.3) is 0 Å². The molecular formula is C14H20N2O2. The topological polar surface area (TPSA) is 66.6 Å². The maximum atomic E-state index is 11.1. The van der Waals surface area contributed by atoms with E-state index in [9.17, 15) is 9.90 Å². The number of aryl methyl sites for hydroxylation is 1. The highest BCUT2D eigenvalue weighted by Crippen LogP contribution is 2.21. The van der Waals surface area contributed by atoms with Crippen molar-refractivity contribution < 1.29 is 9.90 Å². The lowest BCUT2D eigenvalue weighted by atomic mass is 10.0.